The third-order valence-electron chi connectivity index (χ3n) is 3.61. The predicted molar refractivity (Wildman–Crippen MR) is 76.4 cm³/mol. The van der Waals surface area contributed by atoms with Crippen molar-refractivity contribution in [1.82, 2.24) is 4.98 Å². The smallest absolute Gasteiger partial charge is 0.148 e. The van der Waals surface area contributed by atoms with Crippen molar-refractivity contribution in [2.24, 2.45) is 5.73 Å². The fourth-order valence-corrected chi connectivity index (χ4v) is 2.31. The second kappa shape index (κ2) is 5.02. The molecule has 0 radical (unpaired) electrons. The van der Waals surface area contributed by atoms with Gasteiger partial charge in [-0.25, -0.2) is 0 Å². The quantitative estimate of drug-likeness (QED) is 0.870. The number of benzene rings is 1. The molecule has 1 heterocycles. The number of rotatable bonds is 4. The Morgan fingerprint density at radius 1 is 1.33 bits per heavy atom. The molecule has 2 rings (SSSR count). The Kier molecular flexibility index (Phi) is 3.62. The Balaban J connectivity index is 2.72. The van der Waals surface area contributed by atoms with E-state index in [0.29, 0.717) is 13.2 Å². The molecule has 1 aromatic carbocycles. The van der Waals surface area contributed by atoms with Crippen LogP contribution in [0.25, 0.3) is 10.9 Å². The normalized spacial score (nSPS) is 12.9. The molecule has 18 heavy (non-hydrogen) atoms. The minimum absolute atomic E-state index is 0.277. The second-order valence-corrected chi connectivity index (χ2v) is 4.87. The zero-order valence-electron chi connectivity index (χ0n) is 11.6. The van der Waals surface area contributed by atoms with Crippen LogP contribution in [0.3, 0.4) is 0 Å². The number of nitrogens with two attached hydrogens (primary N) is 1. The van der Waals surface area contributed by atoms with Gasteiger partial charge in [-0.3, -0.25) is 0 Å². The minimum Gasteiger partial charge on any atom is -0.491 e. The van der Waals surface area contributed by atoms with Gasteiger partial charge in [0, 0.05) is 23.4 Å². The molecule has 0 aliphatic heterocycles. The Hall–Kier alpha value is -1.48. The summed E-state index contributed by atoms with van der Waals surface area (Å²) in [5.74, 6) is 1.25. The number of fused-ring (bicyclic) bond motifs is 1. The fourth-order valence-electron chi connectivity index (χ4n) is 2.31. The molecule has 0 saturated heterocycles. The number of H-pyrrole nitrogens is 1. The maximum Gasteiger partial charge on any atom is 0.148 e. The number of hydrogen-bond acceptors (Lipinski definition) is 2. The van der Waals surface area contributed by atoms with Crippen LogP contribution in [0.2, 0.25) is 0 Å². The van der Waals surface area contributed by atoms with E-state index in [1.165, 1.54) is 16.5 Å². The Labute approximate surface area is 108 Å². The lowest BCUT2D eigenvalue weighted by molar-refractivity contribution is 0.338. The van der Waals surface area contributed by atoms with Crippen LogP contribution in [0.5, 0.6) is 5.75 Å². The van der Waals surface area contributed by atoms with E-state index in [2.05, 4.69) is 37.9 Å². The van der Waals surface area contributed by atoms with E-state index in [1.54, 1.807) is 0 Å². The van der Waals surface area contributed by atoms with Gasteiger partial charge in [0.2, 0.25) is 0 Å². The van der Waals surface area contributed by atoms with Gasteiger partial charge in [-0.2, -0.15) is 0 Å². The average molecular weight is 246 g/mol. The highest BCUT2D eigenvalue weighted by atomic mass is 16.5. The summed E-state index contributed by atoms with van der Waals surface area (Å²) in [6.07, 6.45) is 0. The van der Waals surface area contributed by atoms with Gasteiger partial charge < -0.3 is 15.5 Å². The molecule has 0 spiro atoms. The molecular formula is C15H22N2O. The van der Waals surface area contributed by atoms with Crippen molar-refractivity contribution in [3.63, 3.8) is 0 Å². The lowest BCUT2D eigenvalue weighted by atomic mass is 10.0. The number of hydrogen-bond donors (Lipinski definition) is 2. The number of ether oxygens (including phenoxy) is 1. The molecule has 3 N–H and O–H groups in total. The van der Waals surface area contributed by atoms with E-state index in [9.17, 15) is 0 Å². The molecule has 1 aromatic heterocycles. The molecule has 0 aliphatic carbocycles. The van der Waals surface area contributed by atoms with Gasteiger partial charge in [0.15, 0.2) is 0 Å². The highest BCUT2D eigenvalue weighted by Gasteiger charge is 2.19. The predicted octanol–water partition coefficient (Wildman–Crippen LogP) is 3.25. The molecule has 2 aromatic rings. The van der Waals surface area contributed by atoms with Gasteiger partial charge in [-0.15, -0.1) is 0 Å². The number of nitrogens with one attached hydrogen (secondary N) is 1. The summed E-state index contributed by atoms with van der Waals surface area (Å²) in [5.41, 5.74) is 10.6. The molecule has 0 saturated carbocycles. The largest absolute Gasteiger partial charge is 0.491 e. The molecule has 0 bridgehead atoms. The van der Waals surface area contributed by atoms with E-state index in [-0.39, 0.29) is 5.92 Å². The maximum absolute atomic E-state index is 5.86. The Morgan fingerprint density at radius 2 is 2.06 bits per heavy atom. The van der Waals surface area contributed by atoms with Gasteiger partial charge >= 0.3 is 0 Å². The summed E-state index contributed by atoms with van der Waals surface area (Å²) in [6.45, 7) is 9.69. The molecule has 3 nitrogen and oxygen atoms in total. The van der Waals surface area contributed by atoms with Crippen molar-refractivity contribution in [2.75, 3.05) is 13.2 Å². The van der Waals surface area contributed by atoms with Crippen LogP contribution in [0.1, 0.15) is 36.6 Å². The summed E-state index contributed by atoms with van der Waals surface area (Å²) in [7, 11) is 0. The van der Waals surface area contributed by atoms with E-state index >= 15 is 0 Å². The van der Waals surface area contributed by atoms with Crippen molar-refractivity contribution in [3.05, 3.63) is 29.0 Å². The van der Waals surface area contributed by atoms with Crippen LogP contribution in [0.4, 0.5) is 0 Å². The molecule has 98 valence electrons. The van der Waals surface area contributed by atoms with Gasteiger partial charge in [0.05, 0.1) is 12.3 Å². The van der Waals surface area contributed by atoms with Crippen LogP contribution in [-0.4, -0.2) is 18.1 Å². The lowest BCUT2D eigenvalue weighted by Crippen LogP contribution is -2.10. The number of aryl methyl sites for hydroxylation is 2. The van der Waals surface area contributed by atoms with E-state index in [1.807, 2.05) is 6.92 Å². The van der Waals surface area contributed by atoms with Gasteiger partial charge in [-0.1, -0.05) is 13.0 Å². The fraction of sp³-hybridized carbons (Fsp3) is 0.467. The Morgan fingerprint density at radius 3 is 2.67 bits per heavy atom. The second-order valence-electron chi connectivity index (χ2n) is 4.87. The van der Waals surface area contributed by atoms with Crippen LogP contribution in [0.15, 0.2) is 12.1 Å². The van der Waals surface area contributed by atoms with Crippen LogP contribution < -0.4 is 10.5 Å². The van der Waals surface area contributed by atoms with Crippen LogP contribution >= 0.6 is 0 Å². The zero-order valence-corrected chi connectivity index (χ0v) is 11.6. The molecule has 1 atom stereocenters. The number of aromatic amines is 1. The summed E-state index contributed by atoms with van der Waals surface area (Å²) in [6, 6.07) is 4.26. The van der Waals surface area contributed by atoms with Gasteiger partial charge in [-0.05, 0) is 38.0 Å². The lowest BCUT2D eigenvalue weighted by Gasteiger charge is -2.11. The molecule has 0 amide bonds. The van der Waals surface area contributed by atoms with Crippen molar-refractivity contribution in [3.8, 4) is 5.75 Å². The van der Waals surface area contributed by atoms with Crippen LogP contribution in [0, 0.1) is 13.8 Å². The highest BCUT2D eigenvalue weighted by molar-refractivity contribution is 5.91. The standard InChI is InChI=1S/C15H22N2O/c1-5-18-15-13-11(4)9(2)6-7-12(13)17-14(15)10(3)8-16/h6-7,10,17H,5,8,16H2,1-4H3. The highest BCUT2D eigenvalue weighted by Crippen LogP contribution is 2.37. The monoisotopic (exact) mass is 246 g/mol. The van der Waals surface area contributed by atoms with Gasteiger partial charge in [0.25, 0.3) is 0 Å². The third-order valence-corrected chi connectivity index (χ3v) is 3.61. The minimum atomic E-state index is 0.277. The van der Waals surface area contributed by atoms with E-state index in [0.717, 1.165) is 17.0 Å². The topological polar surface area (TPSA) is 51.0 Å². The van der Waals surface area contributed by atoms with E-state index < -0.39 is 0 Å². The molecule has 0 aliphatic rings. The summed E-state index contributed by atoms with van der Waals surface area (Å²) < 4.78 is 5.86. The molecule has 1 unspecified atom stereocenters. The van der Waals surface area contributed by atoms with E-state index in [4.69, 9.17) is 10.5 Å². The van der Waals surface area contributed by atoms with Crippen molar-refractivity contribution in [1.29, 1.82) is 0 Å². The van der Waals surface area contributed by atoms with Crippen molar-refractivity contribution >= 4 is 10.9 Å². The average Bonchev–Trinajstić information content (AvgIpc) is 2.73. The molecule has 0 fully saturated rings. The SMILES string of the molecule is CCOc1c(C(C)CN)[nH]c2ccc(C)c(C)c12. The van der Waals surface area contributed by atoms with Crippen molar-refractivity contribution < 1.29 is 4.74 Å². The zero-order chi connectivity index (χ0) is 13.3. The van der Waals surface area contributed by atoms with Gasteiger partial charge in [0.1, 0.15) is 5.75 Å². The first kappa shape index (κ1) is 13.0. The summed E-state index contributed by atoms with van der Waals surface area (Å²) in [5, 5.41) is 1.20. The molecule has 3 heteroatoms. The third kappa shape index (κ3) is 1.99. The van der Waals surface area contributed by atoms with Crippen LogP contribution in [-0.2, 0) is 0 Å². The summed E-state index contributed by atoms with van der Waals surface area (Å²) >= 11 is 0. The summed E-state index contributed by atoms with van der Waals surface area (Å²) in [4.78, 5) is 3.46. The Bertz CT molecular complexity index is 557. The molecular weight excluding hydrogens is 224 g/mol. The number of aromatic nitrogens is 1. The first-order valence-corrected chi connectivity index (χ1v) is 6.54. The first-order valence-electron chi connectivity index (χ1n) is 6.54. The first-order chi connectivity index (χ1) is 8.60. The van der Waals surface area contributed by atoms with Crippen molar-refractivity contribution in [2.45, 2.75) is 33.6 Å². The maximum atomic E-state index is 5.86.